The first-order valence-corrected chi connectivity index (χ1v) is 3.20. The van der Waals surface area contributed by atoms with Crippen LogP contribution in [0.3, 0.4) is 0 Å². The highest BCUT2D eigenvalue weighted by Gasteiger charge is 1.89. The maximum atomic E-state index is 10.7. The van der Waals surface area contributed by atoms with Gasteiger partial charge >= 0.3 is 0 Å². The number of rotatable bonds is 0. The van der Waals surface area contributed by atoms with E-state index < -0.39 is 0 Å². The van der Waals surface area contributed by atoms with Crippen molar-refractivity contribution < 1.29 is 4.73 Å². The molecule has 0 radical (unpaired) electrons. The fourth-order valence-electron chi connectivity index (χ4n) is 0.682. The van der Waals surface area contributed by atoms with Crippen molar-refractivity contribution in [1.82, 2.24) is 0 Å². The average Bonchev–Trinajstić information content (AvgIpc) is 2.01. The van der Waals surface area contributed by atoms with Crippen LogP contribution in [-0.2, 0) is 0 Å². The maximum absolute atomic E-state index is 10.7. The summed E-state index contributed by atoms with van der Waals surface area (Å²) in [7, 11) is 0. The smallest absolute Gasteiger partial charge is 0.195 e. The Labute approximate surface area is 65.0 Å². The normalized spacial score (nSPS) is 8.45. The van der Waals surface area contributed by atoms with Gasteiger partial charge in [0, 0.05) is 6.07 Å². The van der Waals surface area contributed by atoms with Gasteiger partial charge in [0.1, 0.15) is 0 Å². The lowest BCUT2D eigenvalue weighted by Gasteiger charge is -1.92. The molecule has 56 valence electrons. The quantitative estimate of drug-likeness (QED) is 0.310. The van der Waals surface area contributed by atoms with E-state index >= 15 is 0 Å². The standard InChI is InChI=1S/C8H8N2O/c9-5-1-3-8-4-2-6-10(11)7-8/h2,4,6-7H,5,9H2. The van der Waals surface area contributed by atoms with Gasteiger partial charge in [-0.15, -0.1) is 0 Å². The van der Waals surface area contributed by atoms with E-state index in [1.807, 2.05) is 0 Å². The Morgan fingerprint density at radius 1 is 1.64 bits per heavy atom. The fourth-order valence-corrected chi connectivity index (χ4v) is 0.682. The van der Waals surface area contributed by atoms with Crippen molar-refractivity contribution in [2.45, 2.75) is 0 Å². The van der Waals surface area contributed by atoms with Crippen molar-refractivity contribution in [3.63, 3.8) is 0 Å². The maximum Gasteiger partial charge on any atom is 0.195 e. The second kappa shape index (κ2) is 3.59. The molecule has 0 aliphatic carbocycles. The molecule has 0 aromatic carbocycles. The van der Waals surface area contributed by atoms with Crippen molar-refractivity contribution in [1.29, 1.82) is 0 Å². The van der Waals surface area contributed by atoms with Crippen LogP contribution >= 0.6 is 0 Å². The number of hydrogen-bond donors (Lipinski definition) is 1. The minimum absolute atomic E-state index is 0.313. The van der Waals surface area contributed by atoms with E-state index in [9.17, 15) is 5.21 Å². The lowest BCUT2D eigenvalue weighted by Crippen LogP contribution is -2.24. The van der Waals surface area contributed by atoms with Crippen molar-refractivity contribution in [3.05, 3.63) is 35.3 Å². The molecule has 0 bridgehead atoms. The third-order valence-electron chi connectivity index (χ3n) is 1.11. The van der Waals surface area contributed by atoms with Gasteiger partial charge in [-0.2, -0.15) is 4.73 Å². The molecular formula is C8H8N2O. The summed E-state index contributed by atoms with van der Waals surface area (Å²) in [6, 6.07) is 3.41. The van der Waals surface area contributed by atoms with Crippen LogP contribution in [-0.4, -0.2) is 6.54 Å². The van der Waals surface area contributed by atoms with Gasteiger partial charge < -0.3 is 10.9 Å². The summed E-state index contributed by atoms with van der Waals surface area (Å²) in [4.78, 5) is 0. The number of nitrogens with zero attached hydrogens (tertiary/aromatic N) is 1. The van der Waals surface area contributed by atoms with Gasteiger partial charge in [-0.25, -0.2) is 0 Å². The lowest BCUT2D eigenvalue weighted by molar-refractivity contribution is -0.605. The molecule has 2 N–H and O–H groups in total. The molecule has 0 amide bonds. The minimum Gasteiger partial charge on any atom is -0.619 e. The molecule has 11 heavy (non-hydrogen) atoms. The van der Waals surface area contributed by atoms with Crippen LogP contribution in [0.15, 0.2) is 24.5 Å². The van der Waals surface area contributed by atoms with Gasteiger partial charge in [-0.3, -0.25) is 0 Å². The lowest BCUT2D eigenvalue weighted by atomic mass is 10.3. The second-order valence-corrected chi connectivity index (χ2v) is 1.96. The molecule has 0 unspecified atom stereocenters. The molecule has 1 heterocycles. The minimum atomic E-state index is 0.313. The number of hydrogen-bond acceptors (Lipinski definition) is 2. The largest absolute Gasteiger partial charge is 0.619 e. The molecule has 0 saturated heterocycles. The van der Waals surface area contributed by atoms with Crippen LogP contribution in [0.4, 0.5) is 0 Å². The Morgan fingerprint density at radius 3 is 3.09 bits per heavy atom. The number of aromatic nitrogens is 1. The Bertz CT molecular complexity index is 298. The van der Waals surface area contributed by atoms with Gasteiger partial charge in [-0.1, -0.05) is 11.8 Å². The van der Waals surface area contributed by atoms with Gasteiger partial charge in [0.15, 0.2) is 12.4 Å². The zero-order chi connectivity index (χ0) is 8.10. The molecular weight excluding hydrogens is 140 g/mol. The first kappa shape index (κ1) is 7.58. The summed E-state index contributed by atoms with van der Waals surface area (Å²) in [5, 5.41) is 10.7. The monoisotopic (exact) mass is 148 g/mol. The fraction of sp³-hybridized carbons (Fsp3) is 0.125. The highest BCUT2D eigenvalue weighted by molar-refractivity contribution is 5.29. The molecule has 0 spiro atoms. The first-order chi connectivity index (χ1) is 5.33. The number of nitrogens with two attached hydrogens (primary N) is 1. The van der Waals surface area contributed by atoms with E-state index in [1.54, 1.807) is 12.1 Å². The summed E-state index contributed by atoms with van der Waals surface area (Å²) in [5.74, 6) is 5.41. The van der Waals surface area contributed by atoms with E-state index in [0.717, 1.165) is 0 Å². The molecule has 0 aliphatic rings. The predicted octanol–water partition coefficient (Wildman–Crippen LogP) is -0.370. The third-order valence-corrected chi connectivity index (χ3v) is 1.11. The van der Waals surface area contributed by atoms with Crippen molar-refractivity contribution in [2.75, 3.05) is 6.54 Å². The summed E-state index contributed by atoms with van der Waals surface area (Å²) < 4.78 is 0.709. The van der Waals surface area contributed by atoms with E-state index in [1.165, 1.54) is 12.4 Å². The van der Waals surface area contributed by atoms with E-state index in [4.69, 9.17) is 5.73 Å². The van der Waals surface area contributed by atoms with E-state index in [2.05, 4.69) is 11.8 Å². The predicted molar refractivity (Wildman–Crippen MR) is 41.3 cm³/mol. The van der Waals surface area contributed by atoms with Crippen molar-refractivity contribution in [3.8, 4) is 11.8 Å². The Hall–Kier alpha value is -1.53. The molecule has 3 nitrogen and oxygen atoms in total. The van der Waals surface area contributed by atoms with Crippen LogP contribution in [0.25, 0.3) is 0 Å². The van der Waals surface area contributed by atoms with Crippen LogP contribution < -0.4 is 10.5 Å². The molecule has 1 aromatic heterocycles. The molecule has 3 heteroatoms. The molecule has 1 aromatic rings. The Kier molecular flexibility index (Phi) is 2.47. The molecule has 0 atom stereocenters. The van der Waals surface area contributed by atoms with E-state index in [-0.39, 0.29) is 0 Å². The van der Waals surface area contributed by atoms with Crippen LogP contribution in [0.2, 0.25) is 0 Å². The summed E-state index contributed by atoms with van der Waals surface area (Å²) in [5.41, 5.74) is 5.84. The zero-order valence-corrected chi connectivity index (χ0v) is 5.95. The second-order valence-electron chi connectivity index (χ2n) is 1.96. The molecule has 0 fully saturated rings. The highest BCUT2D eigenvalue weighted by Crippen LogP contribution is 1.88. The van der Waals surface area contributed by atoms with Crippen LogP contribution in [0.1, 0.15) is 5.56 Å². The van der Waals surface area contributed by atoms with Crippen LogP contribution in [0, 0.1) is 17.0 Å². The third kappa shape index (κ3) is 2.28. The summed E-state index contributed by atoms with van der Waals surface area (Å²) >= 11 is 0. The van der Waals surface area contributed by atoms with E-state index in [0.29, 0.717) is 16.8 Å². The SMILES string of the molecule is NCC#Cc1ccc[n+]([O-])c1. The first-order valence-electron chi connectivity index (χ1n) is 3.20. The van der Waals surface area contributed by atoms with Gasteiger partial charge in [0.2, 0.25) is 0 Å². The Morgan fingerprint density at radius 2 is 2.45 bits per heavy atom. The molecule has 1 rings (SSSR count). The zero-order valence-electron chi connectivity index (χ0n) is 5.95. The topological polar surface area (TPSA) is 53.0 Å². The highest BCUT2D eigenvalue weighted by atomic mass is 16.5. The van der Waals surface area contributed by atoms with Gasteiger partial charge in [0.05, 0.1) is 12.1 Å². The average molecular weight is 148 g/mol. The number of pyridine rings is 1. The Balaban J connectivity index is 2.87. The summed E-state index contributed by atoms with van der Waals surface area (Å²) in [6.45, 7) is 0.313. The van der Waals surface area contributed by atoms with Gasteiger partial charge in [0.25, 0.3) is 0 Å². The van der Waals surface area contributed by atoms with Crippen LogP contribution in [0.5, 0.6) is 0 Å². The van der Waals surface area contributed by atoms with Crippen molar-refractivity contribution in [2.24, 2.45) is 5.73 Å². The van der Waals surface area contributed by atoms with Gasteiger partial charge in [-0.05, 0) is 6.07 Å². The summed E-state index contributed by atoms with van der Waals surface area (Å²) in [6.07, 6.45) is 2.82. The molecule has 0 saturated carbocycles. The van der Waals surface area contributed by atoms with Crippen molar-refractivity contribution >= 4 is 0 Å². The molecule has 0 aliphatic heterocycles.